The second-order valence-electron chi connectivity index (χ2n) is 4.28. The lowest BCUT2D eigenvalue weighted by Gasteiger charge is -2.04. The molecular weight excluding hydrogens is 340 g/mol. The van der Waals surface area contributed by atoms with Crippen molar-refractivity contribution < 1.29 is 24.9 Å². The summed E-state index contributed by atoms with van der Waals surface area (Å²) in [5, 5.41) is 32.5. The number of hydrogen-bond acceptors (Lipinski definition) is 8. The summed E-state index contributed by atoms with van der Waals surface area (Å²) in [6.07, 6.45) is 3.38. The molecule has 122 valence electrons. The first-order valence-corrected chi connectivity index (χ1v) is 8.30. The van der Waals surface area contributed by atoms with Crippen molar-refractivity contribution in [1.29, 1.82) is 0 Å². The molecule has 0 atom stereocenters. The smallest absolute Gasteiger partial charge is 0.271 e. The van der Waals surface area contributed by atoms with Crippen LogP contribution in [0.25, 0.3) is 0 Å². The van der Waals surface area contributed by atoms with Crippen LogP contribution in [-0.4, -0.2) is 40.8 Å². The van der Waals surface area contributed by atoms with E-state index in [1.54, 1.807) is 18.9 Å². The van der Waals surface area contributed by atoms with E-state index in [1.165, 1.54) is 17.6 Å². The molecule has 1 aromatic heterocycles. The van der Waals surface area contributed by atoms with Crippen molar-refractivity contribution in [2.75, 3.05) is 13.4 Å². The Morgan fingerprint density at radius 2 is 1.96 bits per heavy atom. The molecule has 0 aliphatic heterocycles. The van der Waals surface area contributed by atoms with Crippen molar-refractivity contribution >= 4 is 35.2 Å². The summed E-state index contributed by atoms with van der Waals surface area (Å²) in [5.41, 5.74) is 2.95. The third-order valence-corrected chi connectivity index (χ3v) is 4.97. The number of thioether (sulfide) groups is 1. The summed E-state index contributed by atoms with van der Waals surface area (Å²) in [5.74, 6) is -2.52. The minimum Gasteiger partial charge on any atom is -0.504 e. The Kier molecular flexibility index (Phi) is 5.35. The zero-order valence-electron chi connectivity index (χ0n) is 12.2. The highest BCUT2D eigenvalue weighted by molar-refractivity contribution is 8.00. The Morgan fingerprint density at radius 3 is 2.52 bits per heavy atom. The molecule has 9 heteroatoms. The van der Waals surface area contributed by atoms with E-state index in [9.17, 15) is 20.1 Å². The van der Waals surface area contributed by atoms with Gasteiger partial charge in [-0.05, 0) is 24.5 Å². The van der Waals surface area contributed by atoms with E-state index >= 15 is 0 Å². The monoisotopic (exact) mass is 354 g/mol. The highest BCUT2D eigenvalue weighted by Gasteiger charge is 2.13. The number of amides is 1. The van der Waals surface area contributed by atoms with Crippen LogP contribution >= 0.6 is 23.1 Å². The topological polar surface area (TPSA) is 111 Å². The lowest BCUT2D eigenvalue weighted by atomic mass is 10.2. The standard InChI is InChI=1S/C14H14N2O5S2/c1-21-14-8(5-11(22-2)23-14)6-15-16-13(20)7-3-9(17)12(19)10(18)4-7/h3-6,17-19H,1-2H3,(H,16,20)/b15-6+. The number of ether oxygens (including phenoxy) is 1. The maximum absolute atomic E-state index is 11.9. The summed E-state index contributed by atoms with van der Waals surface area (Å²) < 4.78 is 6.27. The Balaban J connectivity index is 2.11. The van der Waals surface area contributed by atoms with Crippen molar-refractivity contribution in [2.45, 2.75) is 4.21 Å². The highest BCUT2D eigenvalue weighted by atomic mass is 32.2. The third-order valence-electron chi connectivity index (χ3n) is 2.79. The SMILES string of the molecule is COc1sc(SC)cc1/C=N/NC(=O)c1cc(O)c(O)c(O)c1. The Bertz CT molecular complexity index is 735. The van der Waals surface area contributed by atoms with Gasteiger partial charge in [0, 0.05) is 11.1 Å². The summed E-state index contributed by atoms with van der Waals surface area (Å²) >= 11 is 3.03. The van der Waals surface area contributed by atoms with Gasteiger partial charge in [-0.25, -0.2) is 5.43 Å². The molecule has 0 bridgehead atoms. The molecule has 0 unspecified atom stereocenters. The van der Waals surface area contributed by atoms with Gasteiger partial charge in [-0.1, -0.05) is 11.3 Å². The third kappa shape index (κ3) is 3.88. The number of hydrogen-bond donors (Lipinski definition) is 4. The normalized spacial score (nSPS) is 10.9. The van der Waals surface area contributed by atoms with Gasteiger partial charge < -0.3 is 20.1 Å². The summed E-state index contributed by atoms with van der Waals surface area (Å²) in [6.45, 7) is 0. The van der Waals surface area contributed by atoms with Crippen molar-refractivity contribution in [3.8, 4) is 22.3 Å². The van der Waals surface area contributed by atoms with E-state index < -0.39 is 23.2 Å². The number of nitrogens with zero attached hydrogens (tertiary/aromatic N) is 1. The lowest BCUT2D eigenvalue weighted by Crippen LogP contribution is -2.17. The van der Waals surface area contributed by atoms with E-state index in [0.717, 1.165) is 21.9 Å². The molecule has 7 nitrogen and oxygen atoms in total. The minimum atomic E-state index is -0.683. The first-order chi connectivity index (χ1) is 11.0. The van der Waals surface area contributed by atoms with Crippen LogP contribution in [0.5, 0.6) is 22.3 Å². The number of aromatic hydroxyl groups is 3. The Hall–Kier alpha value is -2.39. The van der Waals surface area contributed by atoms with Gasteiger partial charge in [-0.2, -0.15) is 5.10 Å². The van der Waals surface area contributed by atoms with E-state index in [-0.39, 0.29) is 5.56 Å². The van der Waals surface area contributed by atoms with Crippen LogP contribution in [-0.2, 0) is 0 Å². The zero-order valence-corrected chi connectivity index (χ0v) is 13.9. The van der Waals surface area contributed by atoms with Crippen LogP contribution < -0.4 is 10.2 Å². The fourth-order valence-corrected chi connectivity index (χ4v) is 3.16. The van der Waals surface area contributed by atoms with Crippen LogP contribution in [0.2, 0.25) is 0 Å². The molecule has 0 spiro atoms. The fourth-order valence-electron chi connectivity index (χ4n) is 1.68. The molecule has 0 aliphatic carbocycles. The molecule has 0 radical (unpaired) electrons. The first-order valence-electron chi connectivity index (χ1n) is 6.26. The number of phenols is 3. The number of carbonyl (C=O) groups is 1. The highest BCUT2D eigenvalue weighted by Crippen LogP contribution is 2.35. The van der Waals surface area contributed by atoms with Crippen LogP contribution in [0.1, 0.15) is 15.9 Å². The molecule has 2 aromatic rings. The predicted octanol–water partition coefficient (Wildman–Crippen LogP) is 2.36. The van der Waals surface area contributed by atoms with Crippen LogP contribution in [0.4, 0.5) is 0 Å². The van der Waals surface area contributed by atoms with Crippen molar-refractivity contribution in [2.24, 2.45) is 5.10 Å². The molecule has 1 aromatic carbocycles. The van der Waals surface area contributed by atoms with Gasteiger partial charge in [0.15, 0.2) is 22.3 Å². The average molecular weight is 354 g/mol. The van der Waals surface area contributed by atoms with Crippen molar-refractivity contribution in [1.82, 2.24) is 5.43 Å². The van der Waals surface area contributed by atoms with Gasteiger partial charge in [0.2, 0.25) is 0 Å². The largest absolute Gasteiger partial charge is 0.504 e. The quantitative estimate of drug-likeness (QED) is 0.284. The first kappa shape index (κ1) is 17.0. The molecule has 1 amide bonds. The summed E-state index contributed by atoms with van der Waals surface area (Å²) in [6, 6.07) is 3.93. The van der Waals surface area contributed by atoms with Crippen LogP contribution in [0.3, 0.4) is 0 Å². The number of rotatable bonds is 5. The lowest BCUT2D eigenvalue weighted by molar-refractivity contribution is 0.0954. The average Bonchev–Trinajstić information content (AvgIpc) is 2.94. The second kappa shape index (κ2) is 7.25. The maximum atomic E-state index is 11.9. The predicted molar refractivity (Wildman–Crippen MR) is 89.1 cm³/mol. The number of phenolic OH excluding ortho intramolecular Hbond substituents is 3. The molecule has 0 saturated carbocycles. The van der Waals surface area contributed by atoms with Crippen molar-refractivity contribution in [3.05, 3.63) is 29.3 Å². The zero-order chi connectivity index (χ0) is 17.0. The number of methoxy groups -OCH3 is 1. The molecule has 23 heavy (non-hydrogen) atoms. The number of carbonyl (C=O) groups excluding carboxylic acids is 1. The molecule has 0 aliphatic rings. The van der Waals surface area contributed by atoms with Crippen LogP contribution in [0, 0.1) is 0 Å². The summed E-state index contributed by atoms with van der Waals surface area (Å²) in [4.78, 5) is 11.9. The molecule has 2 rings (SSSR count). The Labute approximate surface area is 140 Å². The fraction of sp³-hybridized carbons (Fsp3) is 0.143. The van der Waals surface area contributed by atoms with Gasteiger partial charge in [0.05, 0.1) is 17.5 Å². The number of nitrogens with one attached hydrogen (secondary N) is 1. The number of benzene rings is 1. The van der Waals surface area contributed by atoms with E-state index in [1.807, 2.05) is 12.3 Å². The van der Waals surface area contributed by atoms with Gasteiger partial charge >= 0.3 is 0 Å². The van der Waals surface area contributed by atoms with Crippen LogP contribution in [0.15, 0.2) is 27.5 Å². The number of hydrazone groups is 1. The van der Waals surface area contributed by atoms with Gasteiger partial charge in [0.1, 0.15) is 0 Å². The second-order valence-corrected chi connectivity index (χ2v) is 6.40. The number of thiophene rings is 1. The van der Waals surface area contributed by atoms with E-state index in [2.05, 4.69) is 10.5 Å². The van der Waals surface area contributed by atoms with E-state index in [0.29, 0.717) is 5.06 Å². The van der Waals surface area contributed by atoms with Gasteiger partial charge in [-0.15, -0.1) is 11.8 Å². The molecular formula is C14H14N2O5S2. The van der Waals surface area contributed by atoms with Gasteiger partial charge in [-0.3, -0.25) is 4.79 Å². The maximum Gasteiger partial charge on any atom is 0.271 e. The summed E-state index contributed by atoms with van der Waals surface area (Å²) in [7, 11) is 1.55. The molecule has 1 heterocycles. The van der Waals surface area contributed by atoms with E-state index in [4.69, 9.17) is 4.74 Å². The molecule has 0 fully saturated rings. The Morgan fingerprint density at radius 1 is 1.30 bits per heavy atom. The molecule has 0 saturated heterocycles. The van der Waals surface area contributed by atoms with Gasteiger partial charge in [0.25, 0.3) is 5.91 Å². The van der Waals surface area contributed by atoms with Crippen molar-refractivity contribution in [3.63, 3.8) is 0 Å². The molecule has 4 N–H and O–H groups in total. The minimum absolute atomic E-state index is 0.0444.